The third-order valence-corrected chi connectivity index (χ3v) is 2.44. The van der Waals surface area contributed by atoms with Crippen molar-refractivity contribution in [3.05, 3.63) is 34.7 Å². The predicted octanol–water partition coefficient (Wildman–Crippen LogP) is 3.55. The summed E-state index contributed by atoms with van der Waals surface area (Å²) in [6.07, 6.45) is -2.80. The second-order valence-electron chi connectivity index (χ2n) is 3.19. The summed E-state index contributed by atoms with van der Waals surface area (Å²) in [5, 5.41) is 0.0946. The molecule has 0 saturated carbocycles. The fraction of sp³-hybridized carbons (Fsp3) is 0.100. The number of aromatic nitrogens is 1. The molecule has 0 aliphatic heterocycles. The van der Waals surface area contributed by atoms with Crippen molar-refractivity contribution in [2.75, 3.05) is 5.73 Å². The lowest BCUT2D eigenvalue weighted by Gasteiger charge is -2.07. The van der Waals surface area contributed by atoms with Gasteiger partial charge in [-0.2, -0.15) is 0 Å². The van der Waals surface area contributed by atoms with Crippen molar-refractivity contribution in [2.45, 2.75) is 6.43 Å². The monoisotopic (exact) mass is 246 g/mol. The summed E-state index contributed by atoms with van der Waals surface area (Å²) in [5.74, 6) is -0.839. The summed E-state index contributed by atoms with van der Waals surface area (Å²) >= 11 is 5.53. The minimum atomic E-state index is -2.80. The van der Waals surface area contributed by atoms with Crippen LogP contribution in [0.25, 0.3) is 10.9 Å². The number of nitrogen functional groups attached to an aromatic ring is 1. The average molecular weight is 247 g/mol. The fourth-order valence-electron chi connectivity index (χ4n) is 1.39. The largest absolute Gasteiger partial charge is 0.398 e. The van der Waals surface area contributed by atoms with Crippen LogP contribution in [0.4, 0.5) is 18.9 Å². The van der Waals surface area contributed by atoms with Gasteiger partial charge in [0, 0.05) is 11.1 Å². The van der Waals surface area contributed by atoms with E-state index in [2.05, 4.69) is 4.98 Å². The van der Waals surface area contributed by atoms with Crippen LogP contribution in [0, 0.1) is 5.82 Å². The van der Waals surface area contributed by atoms with Gasteiger partial charge in [-0.3, -0.25) is 0 Å². The van der Waals surface area contributed by atoms with Gasteiger partial charge >= 0.3 is 0 Å². The van der Waals surface area contributed by atoms with Gasteiger partial charge in [-0.25, -0.2) is 18.2 Å². The van der Waals surface area contributed by atoms with E-state index in [1.165, 1.54) is 12.1 Å². The van der Waals surface area contributed by atoms with Crippen LogP contribution in [0.15, 0.2) is 18.2 Å². The summed E-state index contributed by atoms with van der Waals surface area (Å²) in [7, 11) is 0. The Bertz CT molecular complexity index is 557. The molecule has 1 aromatic carbocycles. The van der Waals surface area contributed by atoms with Crippen LogP contribution in [0.5, 0.6) is 0 Å². The van der Waals surface area contributed by atoms with Gasteiger partial charge in [-0.1, -0.05) is 11.6 Å². The number of fused-ring (bicyclic) bond motifs is 1. The van der Waals surface area contributed by atoms with Crippen molar-refractivity contribution in [3.63, 3.8) is 0 Å². The predicted molar refractivity (Wildman–Crippen MR) is 56.1 cm³/mol. The zero-order valence-electron chi connectivity index (χ0n) is 7.85. The van der Waals surface area contributed by atoms with Gasteiger partial charge < -0.3 is 5.73 Å². The van der Waals surface area contributed by atoms with E-state index < -0.39 is 17.9 Å². The first-order valence-electron chi connectivity index (χ1n) is 4.33. The van der Waals surface area contributed by atoms with Gasteiger partial charge in [-0.15, -0.1) is 0 Å². The van der Waals surface area contributed by atoms with Gasteiger partial charge in [0.25, 0.3) is 6.43 Å². The summed E-state index contributed by atoms with van der Waals surface area (Å²) in [5.41, 5.74) is 4.79. The summed E-state index contributed by atoms with van der Waals surface area (Å²) in [6, 6.07) is 3.78. The molecule has 16 heavy (non-hydrogen) atoms. The number of rotatable bonds is 1. The van der Waals surface area contributed by atoms with E-state index >= 15 is 0 Å². The van der Waals surface area contributed by atoms with Crippen LogP contribution in [-0.4, -0.2) is 4.98 Å². The highest BCUT2D eigenvalue weighted by Crippen LogP contribution is 2.30. The summed E-state index contributed by atoms with van der Waals surface area (Å²) < 4.78 is 38.4. The molecule has 0 unspecified atom stereocenters. The van der Waals surface area contributed by atoms with Crippen molar-refractivity contribution in [1.82, 2.24) is 4.98 Å². The third kappa shape index (κ3) is 1.67. The van der Waals surface area contributed by atoms with E-state index in [1.807, 2.05) is 0 Å². The topological polar surface area (TPSA) is 38.9 Å². The highest BCUT2D eigenvalue weighted by Gasteiger charge is 2.15. The Hall–Kier alpha value is -1.49. The highest BCUT2D eigenvalue weighted by molar-refractivity contribution is 6.31. The third-order valence-electron chi connectivity index (χ3n) is 2.15. The Kier molecular flexibility index (Phi) is 2.63. The zero-order valence-corrected chi connectivity index (χ0v) is 8.60. The molecule has 2 rings (SSSR count). The number of hydrogen-bond acceptors (Lipinski definition) is 2. The molecular weight excluding hydrogens is 241 g/mol. The Balaban J connectivity index is 2.83. The van der Waals surface area contributed by atoms with E-state index in [1.54, 1.807) is 0 Å². The zero-order chi connectivity index (χ0) is 11.9. The maximum Gasteiger partial charge on any atom is 0.280 e. The van der Waals surface area contributed by atoms with Crippen molar-refractivity contribution in [3.8, 4) is 0 Å². The van der Waals surface area contributed by atoms with Crippen LogP contribution in [0.2, 0.25) is 5.02 Å². The van der Waals surface area contributed by atoms with Crippen LogP contribution in [-0.2, 0) is 0 Å². The summed E-state index contributed by atoms with van der Waals surface area (Å²) in [6.45, 7) is 0. The molecule has 0 spiro atoms. The number of hydrogen-bond donors (Lipinski definition) is 1. The molecule has 2 N–H and O–H groups in total. The van der Waals surface area contributed by atoms with E-state index in [9.17, 15) is 13.2 Å². The molecule has 0 bridgehead atoms. The number of alkyl halides is 2. The smallest absolute Gasteiger partial charge is 0.280 e. The molecule has 0 amide bonds. The van der Waals surface area contributed by atoms with Gasteiger partial charge in [0.2, 0.25) is 0 Å². The van der Waals surface area contributed by atoms with Gasteiger partial charge in [0.15, 0.2) is 5.82 Å². The average Bonchev–Trinajstić information content (AvgIpc) is 2.23. The Morgan fingerprint density at radius 2 is 2.00 bits per heavy atom. The highest BCUT2D eigenvalue weighted by atomic mass is 35.5. The van der Waals surface area contributed by atoms with Crippen molar-refractivity contribution < 1.29 is 13.2 Å². The number of benzene rings is 1. The number of nitrogens with two attached hydrogens (primary N) is 1. The molecule has 0 fully saturated rings. The van der Waals surface area contributed by atoms with Crippen molar-refractivity contribution >= 4 is 28.2 Å². The molecule has 0 atom stereocenters. The van der Waals surface area contributed by atoms with E-state index in [4.69, 9.17) is 17.3 Å². The normalized spacial score (nSPS) is 11.3. The summed E-state index contributed by atoms with van der Waals surface area (Å²) in [4.78, 5) is 3.51. The lowest BCUT2D eigenvalue weighted by molar-refractivity contribution is 0.146. The molecule has 0 aliphatic rings. The van der Waals surface area contributed by atoms with Crippen LogP contribution >= 0.6 is 11.6 Å². The Morgan fingerprint density at radius 3 is 2.62 bits per heavy atom. The van der Waals surface area contributed by atoms with E-state index in [-0.39, 0.29) is 21.6 Å². The van der Waals surface area contributed by atoms with Crippen LogP contribution in [0.3, 0.4) is 0 Å². The van der Waals surface area contributed by atoms with Gasteiger partial charge in [0.1, 0.15) is 11.2 Å². The van der Waals surface area contributed by atoms with E-state index in [0.29, 0.717) is 0 Å². The molecule has 2 nitrogen and oxygen atoms in total. The lowest BCUT2D eigenvalue weighted by atomic mass is 10.1. The molecule has 0 saturated heterocycles. The number of pyridine rings is 1. The van der Waals surface area contributed by atoms with E-state index in [0.717, 1.165) is 6.07 Å². The fourth-order valence-corrected chi connectivity index (χ4v) is 1.54. The maximum absolute atomic E-state index is 13.5. The first-order chi connectivity index (χ1) is 7.50. The minimum absolute atomic E-state index is 0.0517. The second-order valence-corrected chi connectivity index (χ2v) is 3.60. The Morgan fingerprint density at radius 1 is 1.31 bits per heavy atom. The quantitative estimate of drug-likeness (QED) is 0.836. The molecule has 0 aliphatic carbocycles. The first-order valence-corrected chi connectivity index (χ1v) is 4.70. The Labute approximate surface area is 93.8 Å². The van der Waals surface area contributed by atoms with Crippen molar-refractivity contribution in [1.29, 1.82) is 0 Å². The van der Waals surface area contributed by atoms with Crippen molar-refractivity contribution in [2.24, 2.45) is 0 Å². The van der Waals surface area contributed by atoms with Gasteiger partial charge in [0.05, 0.1) is 5.02 Å². The molecule has 6 heteroatoms. The first kappa shape index (κ1) is 11.0. The maximum atomic E-state index is 13.5. The molecule has 0 radical (unpaired) electrons. The molecule has 2 aromatic rings. The minimum Gasteiger partial charge on any atom is -0.398 e. The van der Waals surface area contributed by atoms with Crippen LogP contribution in [0.1, 0.15) is 12.1 Å². The molecule has 84 valence electrons. The molecular formula is C10H6ClF3N2. The number of anilines is 1. The number of nitrogens with zero attached hydrogens (tertiary/aromatic N) is 1. The van der Waals surface area contributed by atoms with Gasteiger partial charge in [-0.05, 0) is 18.2 Å². The number of halogens is 4. The second kappa shape index (κ2) is 3.83. The van der Waals surface area contributed by atoms with Crippen LogP contribution < -0.4 is 5.73 Å². The lowest BCUT2D eigenvalue weighted by Crippen LogP contribution is -1.98. The molecule has 1 heterocycles. The SMILES string of the molecule is Nc1cc(C(F)F)nc2c(F)c(Cl)ccc12. The molecule has 1 aromatic heterocycles. The standard InChI is InChI=1S/C10H6ClF3N2/c11-5-2-1-4-6(15)3-7(10(13)14)16-9(4)8(5)12/h1-3,10H,(H2,15,16).